The van der Waals surface area contributed by atoms with E-state index in [0.717, 1.165) is 15.9 Å². The van der Waals surface area contributed by atoms with Crippen molar-refractivity contribution in [3.05, 3.63) is 39.6 Å². The van der Waals surface area contributed by atoms with Crippen LogP contribution in [-0.2, 0) is 13.5 Å². The topological polar surface area (TPSA) is 41.6 Å². The summed E-state index contributed by atoms with van der Waals surface area (Å²) in [7, 11) is 1.84. The van der Waals surface area contributed by atoms with Crippen LogP contribution in [0, 0.1) is 11.3 Å². The second-order valence-electron chi connectivity index (χ2n) is 3.58. The van der Waals surface area contributed by atoms with E-state index in [-0.39, 0.29) is 6.42 Å². The molecule has 0 saturated carbocycles. The molecule has 0 atom stereocenters. The van der Waals surface area contributed by atoms with Crippen molar-refractivity contribution < 1.29 is 0 Å². The van der Waals surface area contributed by atoms with E-state index < -0.39 is 0 Å². The average Bonchev–Trinajstić information content (AvgIpc) is 2.58. The van der Waals surface area contributed by atoms with Crippen LogP contribution in [0.15, 0.2) is 28.7 Å². The first kappa shape index (κ1) is 12.2. The summed E-state index contributed by atoms with van der Waals surface area (Å²) in [5, 5.41) is 9.21. The van der Waals surface area contributed by atoms with E-state index in [2.05, 4.69) is 27.0 Å². The minimum absolute atomic E-state index is 0.223. The van der Waals surface area contributed by atoms with Crippen LogP contribution in [0.25, 0.3) is 11.4 Å². The number of aromatic nitrogens is 2. The Hall–Kier alpha value is -1.31. The van der Waals surface area contributed by atoms with E-state index in [0.29, 0.717) is 10.8 Å². The number of nitriles is 1. The summed E-state index contributed by atoms with van der Waals surface area (Å²) in [5.41, 5.74) is 1.58. The number of imidazole rings is 1. The zero-order chi connectivity index (χ0) is 12.4. The van der Waals surface area contributed by atoms with Crippen molar-refractivity contribution in [1.82, 2.24) is 9.55 Å². The Kier molecular flexibility index (Phi) is 3.51. The summed E-state index contributed by atoms with van der Waals surface area (Å²) < 4.78 is 2.77. The van der Waals surface area contributed by atoms with Gasteiger partial charge in [-0.3, -0.25) is 0 Å². The summed E-state index contributed by atoms with van der Waals surface area (Å²) in [6, 6.07) is 9.87. The number of benzene rings is 1. The van der Waals surface area contributed by atoms with Crippen molar-refractivity contribution in [3.63, 3.8) is 0 Å². The first-order valence-electron chi connectivity index (χ1n) is 4.97. The fourth-order valence-electron chi connectivity index (χ4n) is 1.61. The molecule has 0 aliphatic heterocycles. The zero-order valence-electron chi connectivity index (χ0n) is 9.11. The summed E-state index contributed by atoms with van der Waals surface area (Å²) >= 11 is 9.54. The molecule has 0 aliphatic rings. The number of nitrogens with zero attached hydrogens (tertiary/aromatic N) is 3. The Morgan fingerprint density at radius 3 is 2.94 bits per heavy atom. The van der Waals surface area contributed by atoms with Gasteiger partial charge in [-0.25, -0.2) is 4.98 Å². The SMILES string of the molecule is Cn1c(-c2cccc(Br)c2)nc(CC#N)c1Cl. The van der Waals surface area contributed by atoms with Crippen LogP contribution in [0.3, 0.4) is 0 Å². The first-order chi connectivity index (χ1) is 8.13. The summed E-state index contributed by atoms with van der Waals surface area (Å²) in [5.74, 6) is 0.765. The van der Waals surface area contributed by atoms with Gasteiger partial charge in [-0.05, 0) is 12.1 Å². The molecule has 0 radical (unpaired) electrons. The van der Waals surface area contributed by atoms with Gasteiger partial charge in [0.1, 0.15) is 11.0 Å². The summed E-state index contributed by atoms with van der Waals surface area (Å²) in [6.07, 6.45) is 0.223. The highest BCUT2D eigenvalue weighted by Crippen LogP contribution is 2.26. The van der Waals surface area contributed by atoms with Gasteiger partial charge in [0.15, 0.2) is 0 Å². The molecule has 3 nitrogen and oxygen atoms in total. The molecule has 1 aromatic heterocycles. The maximum atomic E-state index is 8.69. The molecule has 2 aromatic rings. The minimum Gasteiger partial charge on any atom is -0.318 e. The lowest BCUT2D eigenvalue weighted by Crippen LogP contribution is -1.92. The number of hydrogen-bond donors (Lipinski definition) is 0. The number of rotatable bonds is 2. The fourth-order valence-corrected chi connectivity index (χ4v) is 2.20. The molecule has 0 bridgehead atoms. The maximum absolute atomic E-state index is 8.69. The van der Waals surface area contributed by atoms with Crippen molar-refractivity contribution in [2.24, 2.45) is 7.05 Å². The average molecular weight is 311 g/mol. The Labute approximate surface area is 113 Å². The van der Waals surface area contributed by atoms with Crippen LogP contribution in [0.1, 0.15) is 5.69 Å². The highest BCUT2D eigenvalue weighted by atomic mass is 79.9. The van der Waals surface area contributed by atoms with Gasteiger partial charge >= 0.3 is 0 Å². The fraction of sp³-hybridized carbons (Fsp3) is 0.167. The first-order valence-corrected chi connectivity index (χ1v) is 6.14. The lowest BCUT2D eigenvalue weighted by Gasteiger charge is -2.02. The molecule has 2 rings (SSSR count). The van der Waals surface area contributed by atoms with E-state index in [4.69, 9.17) is 16.9 Å². The second-order valence-corrected chi connectivity index (χ2v) is 4.85. The van der Waals surface area contributed by atoms with E-state index >= 15 is 0 Å². The third-order valence-corrected chi connectivity index (χ3v) is 3.39. The molecule has 0 saturated heterocycles. The van der Waals surface area contributed by atoms with Crippen molar-refractivity contribution in [3.8, 4) is 17.5 Å². The predicted octanol–water partition coefficient (Wildman–Crippen LogP) is 3.57. The molecule has 1 aromatic carbocycles. The van der Waals surface area contributed by atoms with Crippen molar-refractivity contribution in [2.45, 2.75) is 6.42 Å². The van der Waals surface area contributed by atoms with E-state index in [9.17, 15) is 0 Å². The monoisotopic (exact) mass is 309 g/mol. The van der Waals surface area contributed by atoms with Crippen molar-refractivity contribution in [1.29, 1.82) is 5.26 Å². The Bertz CT molecular complexity index is 598. The predicted molar refractivity (Wildman–Crippen MR) is 70.7 cm³/mol. The van der Waals surface area contributed by atoms with Gasteiger partial charge in [-0.2, -0.15) is 5.26 Å². The molecule has 0 N–H and O–H groups in total. The van der Waals surface area contributed by atoms with Gasteiger partial charge in [-0.1, -0.05) is 39.7 Å². The van der Waals surface area contributed by atoms with Crippen LogP contribution in [0.2, 0.25) is 5.15 Å². The summed E-state index contributed by atoms with van der Waals surface area (Å²) in [4.78, 5) is 4.40. The van der Waals surface area contributed by atoms with Crippen LogP contribution in [-0.4, -0.2) is 9.55 Å². The Morgan fingerprint density at radius 1 is 1.53 bits per heavy atom. The minimum atomic E-state index is 0.223. The molecule has 0 aliphatic carbocycles. The molecular formula is C12H9BrClN3. The van der Waals surface area contributed by atoms with Crippen molar-refractivity contribution >= 4 is 27.5 Å². The molecule has 0 fully saturated rings. The third-order valence-electron chi connectivity index (χ3n) is 2.42. The van der Waals surface area contributed by atoms with Crippen LogP contribution >= 0.6 is 27.5 Å². The normalized spacial score (nSPS) is 10.2. The van der Waals surface area contributed by atoms with E-state index in [1.165, 1.54) is 0 Å². The number of halogens is 2. The number of hydrogen-bond acceptors (Lipinski definition) is 2. The molecule has 1 heterocycles. The molecule has 5 heteroatoms. The molecule has 0 unspecified atom stereocenters. The quantitative estimate of drug-likeness (QED) is 0.851. The van der Waals surface area contributed by atoms with Crippen LogP contribution in [0.5, 0.6) is 0 Å². The van der Waals surface area contributed by atoms with Gasteiger partial charge in [0.05, 0.1) is 18.2 Å². The molecular weight excluding hydrogens is 302 g/mol. The molecule has 0 spiro atoms. The highest BCUT2D eigenvalue weighted by Gasteiger charge is 2.13. The molecule has 17 heavy (non-hydrogen) atoms. The van der Waals surface area contributed by atoms with Gasteiger partial charge in [0.25, 0.3) is 0 Å². The van der Waals surface area contributed by atoms with Crippen molar-refractivity contribution in [2.75, 3.05) is 0 Å². The Balaban J connectivity index is 2.53. The van der Waals surface area contributed by atoms with Crippen LogP contribution in [0.4, 0.5) is 0 Å². The second kappa shape index (κ2) is 4.91. The zero-order valence-corrected chi connectivity index (χ0v) is 11.5. The Morgan fingerprint density at radius 2 is 2.29 bits per heavy atom. The van der Waals surface area contributed by atoms with Crippen LogP contribution < -0.4 is 0 Å². The standard InChI is InChI=1S/C12H9BrClN3/c1-17-11(14)10(5-6-15)16-12(17)8-3-2-4-9(13)7-8/h2-4,7H,5H2,1H3. The summed E-state index contributed by atoms with van der Waals surface area (Å²) in [6.45, 7) is 0. The largest absolute Gasteiger partial charge is 0.318 e. The highest BCUT2D eigenvalue weighted by molar-refractivity contribution is 9.10. The van der Waals surface area contributed by atoms with Gasteiger partial charge in [0.2, 0.25) is 0 Å². The van der Waals surface area contributed by atoms with Gasteiger partial charge in [0, 0.05) is 17.1 Å². The lowest BCUT2D eigenvalue weighted by atomic mass is 10.2. The maximum Gasteiger partial charge on any atom is 0.141 e. The van der Waals surface area contributed by atoms with Gasteiger partial charge < -0.3 is 4.57 Å². The smallest absolute Gasteiger partial charge is 0.141 e. The van der Waals surface area contributed by atoms with E-state index in [1.54, 1.807) is 4.57 Å². The lowest BCUT2D eigenvalue weighted by molar-refractivity contribution is 0.924. The molecule has 86 valence electrons. The molecule has 0 amide bonds. The van der Waals surface area contributed by atoms with Gasteiger partial charge in [-0.15, -0.1) is 0 Å². The van der Waals surface area contributed by atoms with E-state index in [1.807, 2.05) is 31.3 Å². The third kappa shape index (κ3) is 2.36.